The highest BCUT2D eigenvalue weighted by Gasteiger charge is 2.44. The summed E-state index contributed by atoms with van der Waals surface area (Å²) in [7, 11) is -5.70. The van der Waals surface area contributed by atoms with E-state index in [2.05, 4.69) is 5.32 Å². The van der Waals surface area contributed by atoms with E-state index in [1.54, 1.807) is 38.1 Å². The average molecular weight is 713 g/mol. The third-order valence-electron chi connectivity index (χ3n) is 8.00. The molecule has 1 N–H and O–H groups in total. The number of rotatable bonds is 19. The molecule has 1 amide bonds. The highest BCUT2D eigenvalue weighted by molar-refractivity contribution is 7.89. The number of sulfonamides is 1. The van der Waals surface area contributed by atoms with E-state index in [4.69, 9.17) is 32.7 Å². The van der Waals surface area contributed by atoms with Crippen molar-refractivity contribution in [3.05, 3.63) is 54.1 Å². The Kier molecular flexibility index (Phi) is 14.1. The second kappa shape index (κ2) is 17.8. The summed E-state index contributed by atoms with van der Waals surface area (Å²) in [5, 5.41) is 2.98. The summed E-state index contributed by atoms with van der Waals surface area (Å²) in [5.74, 6) is 1.08. The lowest BCUT2D eigenvalue weighted by molar-refractivity contribution is -0.0907. The quantitative estimate of drug-likeness (QED) is 0.186. The summed E-state index contributed by atoms with van der Waals surface area (Å²) in [4.78, 5) is 13.3. The number of nitrogens with zero attached hydrogens (tertiary/aromatic N) is 1. The van der Waals surface area contributed by atoms with Gasteiger partial charge in [0.05, 0.1) is 44.4 Å². The van der Waals surface area contributed by atoms with Crippen LogP contribution in [0, 0.1) is 11.8 Å². The molecule has 2 aliphatic rings. The number of ether oxygens (including phenoxy) is 5. The van der Waals surface area contributed by atoms with Crippen molar-refractivity contribution < 1.29 is 50.5 Å². The Labute approximate surface area is 284 Å². The predicted octanol–water partition coefficient (Wildman–Crippen LogP) is 5.43. The molecule has 15 heteroatoms. The zero-order chi connectivity index (χ0) is 34.7. The third kappa shape index (κ3) is 10.6. The van der Waals surface area contributed by atoms with E-state index in [9.17, 15) is 17.8 Å². The number of hydrogen-bond donors (Lipinski definition) is 1. The monoisotopic (exact) mass is 712 g/mol. The molecule has 2 unspecified atom stereocenters. The molecule has 13 nitrogen and oxygen atoms in total. The lowest BCUT2D eigenvalue weighted by atomic mass is 10.0. The van der Waals surface area contributed by atoms with Crippen LogP contribution in [0.25, 0.3) is 0 Å². The third-order valence-corrected chi connectivity index (χ3v) is 11.6. The molecule has 2 fully saturated rings. The Morgan fingerprint density at radius 3 is 2.31 bits per heavy atom. The molecule has 4 atom stereocenters. The number of nitrogens with one attached hydrogen (secondary N) is 1. The van der Waals surface area contributed by atoms with E-state index in [0.717, 1.165) is 12.0 Å². The Hall–Kier alpha value is -2.71. The van der Waals surface area contributed by atoms with E-state index in [1.807, 2.05) is 26.0 Å². The van der Waals surface area contributed by atoms with Gasteiger partial charge in [-0.1, -0.05) is 26.0 Å². The van der Waals surface area contributed by atoms with Crippen LogP contribution in [0.3, 0.4) is 0 Å². The van der Waals surface area contributed by atoms with Crippen LogP contribution in [0.15, 0.2) is 53.4 Å². The highest BCUT2D eigenvalue weighted by atomic mass is 32.2. The van der Waals surface area contributed by atoms with Crippen LogP contribution in [0.5, 0.6) is 11.5 Å². The highest BCUT2D eigenvalue weighted by Crippen LogP contribution is 2.47. The normalized spacial score (nSPS) is 20.1. The van der Waals surface area contributed by atoms with Gasteiger partial charge in [-0.3, -0.25) is 4.57 Å². The second-order valence-electron chi connectivity index (χ2n) is 12.1. The molecule has 0 spiro atoms. The molecule has 2 aliphatic heterocycles. The number of alkyl carbamates (subject to hydrolysis) is 1. The standard InChI is InChI=1S/C33H49N2O11PS/c1-6-44-47(37,45-7-2)23-43-28-10-8-25(9-11-28)20-26(34-33(36)46-31-22-42-32-30(31)17-19-41-32)16-18-35(21-24(3)4)48(38,39)29-14-12-27(40-5)13-15-29/h8-15,24,26,30-32H,6-7,16-23H2,1-5H3,(H,34,36)/t26?,30-,31?,32+/m0/s1. The number of benzene rings is 2. The maximum Gasteiger partial charge on any atom is 0.407 e. The minimum atomic E-state index is -3.84. The first-order chi connectivity index (χ1) is 23.0. The molecule has 2 aromatic carbocycles. The first-order valence-electron chi connectivity index (χ1n) is 16.4. The summed E-state index contributed by atoms with van der Waals surface area (Å²) >= 11 is 0. The number of hydrogen-bond acceptors (Lipinski definition) is 11. The summed E-state index contributed by atoms with van der Waals surface area (Å²) < 4.78 is 80.2. The van der Waals surface area contributed by atoms with E-state index in [0.29, 0.717) is 37.5 Å². The molecule has 2 aromatic rings. The van der Waals surface area contributed by atoms with Crippen molar-refractivity contribution in [3.8, 4) is 11.5 Å². The Morgan fingerprint density at radius 2 is 1.69 bits per heavy atom. The van der Waals surface area contributed by atoms with E-state index in [-0.39, 0.29) is 55.7 Å². The SMILES string of the molecule is CCOP(=O)(COc1ccc(CC(CCN(CC(C)C)S(=O)(=O)c2ccc(OC)cc2)NC(=O)OC2CO[C@H]3OCC[C@@H]23)cc1)OCC. The maximum atomic E-state index is 13.7. The largest absolute Gasteiger partial charge is 0.497 e. The van der Waals surface area contributed by atoms with E-state index in [1.165, 1.54) is 23.5 Å². The first-order valence-corrected chi connectivity index (χ1v) is 19.6. The zero-order valence-corrected chi connectivity index (χ0v) is 30.1. The van der Waals surface area contributed by atoms with Crippen LogP contribution in [-0.2, 0) is 44.3 Å². The molecule has 48 heavy (non-hydrogen) atoms. The van der Waals surface area contributed by atoms with Gasteiger partial charge in [0.2, 0.25) is 10.0 Å². The molecule has 268 valence electrons. The molecule has 2 saturated heterocycles. The fourth-order valence-electron chi connectivity index (χ4n) is 5.69. The van der Waals surface area contributed by atoms with Crippen molar-refractivity contribution in [3.63, 3.8) is 0 Å². The van der Waals surface area contributed by atoms with Crippen molar-refractivity contribution in [1.82, 2.24) is 9.62 Å². The van der Waals surface area contributed by atoms with Gasteiger partial charge in [0.15, 0.2) is 12.6 Å². The zero-order valence-electron chi connectivity index (χ0n) is 28.4. The van der Waals surface area contributed by atoms with Gasteiger partial charge in [-0.15, -0.1) is 0 Å². The molecule has 0 aromatic heterocycles. The molecule has 0 bridgehead atoms. The number of carbonyl (C=O) groups excluding carboxylic acids is 1. The van der Waals surface area contributed by atoms with Crippen LogP contribution in [-0.4, -0.2) is 90.2 Å². The Bertz CT molecular complexity index is 1450. The molecule has 0 radical (unpaired) electrons. The van der Waals surface area contributed by atoms with Gasteiger partial charge in [-0.2, -0.15) is 4.31 Å². The van der Waals surface area contributed by atoms with Crippen molar-refractivity contribution >= 4 is 23.7 Å². The second-order valence-corrected chi connectivity index (χ2v) is 16.0. The van der Waals surface area contributed by atoms with Gasteiger partial charge < -0.3 is 38.0 Å². The lowest BCUT2D eigenvalue weighted by Crippen LogP contribution is -2.43. The van der Waals surface area contributed by atoms with Gasteiger partial charge >= 0.3 is 13.7 Å². The number of amides is 1. The van der Waals surface area contributed by atoms with Crippen molar-refractivity contribution in [1.29, 1.82) is 0 Å². The predicted molar refractivity (Wildman–Crippen MR) is 179 cm³/mol. The fraction of sp³-hybridized carbons (Fsp3) is 0.606. The van der Waals surface area contributed by atoms with Crippen LogP contribution >= 0.6 is 7.60 Å². The number of carbonyl (C=O) groups is 1. The van der Waals surface area contributed by atoms with Gasteiger partial charge in [0.25, 0.3) is 0 Å². The van der Waals surface area contributed by atoms with Crippen LogP contribution in [0.2, 0.25) is 0 Å². The minimum Gasteiger partial charge on any atom is -0.497 e. The molecular formula is C33H49N2O11PS. The minimum absolute atomic E-state index is 0.0151. The lowest BCUT2D eigenvalue weighted by Gasteiger charge is -2.27. The molecule has 0 aliphatic carbocycles. The topological polar surface area (TPSA) is 148 Å². The summed E-state index contributed by atoms with van der Waals surface area (Å²) in [6.07, 6.45) is -0.154. The fourth-order valence-corrected chi connectivity index (χ4v) is 8.63. The summed E-state index contributed by atoms with van der Waals surface area (Å²) in [5.41, 5.74) is 0.868. The molecular weight excluding hydrogens is 663 g/mol. The van der Waals surface area contributed by atoms with Gasteiger partial charge in [-0.25, -0.2) is 13.2 Å². The summed E-state index contributed by atoms with van der Waals surface area (Å²) in [6.45, 7) is 9.12. The average Bonchev–Trinajstić information content (AvgIpc) is 3.68. The number of methoxy groups -OCH3 is 1. The van der Waals surface area contributed by atoms with Crippen molar-refractivity contribution in [2.24, 2.45) is 11.8 Å². The van der Waals surface area contributed by atoms with Crippen LogP contribution in [0.4, 0.5) is 4.79 Å². The maximum absolute atomic E-state index is 13.7. The Morgan fingerprint density at radius 1 is 1.02 bits per heavy atom. The van der Waals surface area contributed by atoms with Crippen LogP contribution in [0.1, 0.15) is 46.1 Å². The molecule has 2 heterocycles. The van der Waals surface area contributed by atoms with E-state index < -0.39 is 35.9 Å². The Balaban J connectivity index is 1.47. The summed E-state index contributed by atoms with van der Waals surface area (Å²) in [6, 6.07) is 13.0. The number of fused-ring (bicyclic) bond motifs is 1. The van der Waals surface area contributed by atoms with Gasteiger partial charge in [0, 0.05) is 19.1 Å². The van der Waals surface area contributed by atoms with Crippen molar-refractivity contribution in [2.45, 2.75) is 70.3 Å². The first kappa shape index (κ1) is 38.1. The van der Waals surface area contributed by atoms with E-state index >= 15 is 0 Å². The van der Waals surface area contributed by atoms with Crippen LogP contribution < -0.4 is 14.8 Å². The van der Waals surface area contributed by atoms with Gasteiger partial charge in [-0.05, 0) is 81.0 Å². The van der Waals surface area contributed by atoms with Gasteiger partial charge in [0.1, 0.15) is 17.6 Å². The molecule has 0 saturated carbocycles. The van der Waals surface area contributed by atoms with Crippen molar-refractivity contribution in [2.75, 3.05) is 53.0 Å². The smallest absolute Gasteiger partial charge is 0.407 e. The molecule has 4 rings (SSSR count).